The van der Waals surface area contributed by atoms with Gasteiger partial charge in [-0.05, 0) is 27.7 Å². The number of fused-ring (bicyclic) bond motifs is 1. The number of imidazole rings is 1. The molecule has 5 heteroatoms. The SMILES string of the molecule is Cc1nc(N)c2ncn(C(C)(C)C)c2n1. The molecule has 2 rings (SSSR count). The van der Waals surface area contributed by atoms with Crippen LogP contribution in [0.5, 0.6) is 0 Å². The lowest BCUT2D eigenvalue weighted by atomic mass is 10.1. The molecule has 2 aromatic heterocycles. The second-order valence-electron chi connectivity index (χ2n) is 4.61. The zero-order valence-corrected chi connectivity index (χ0v) is 9.44. The summed E-state index contributed by atoms with van der Waals surface area (Å²) in [6, 6.07) is 0. The lowest BCUT2D eigenvalue weighted by molar-refractivity contribution is 0.406. The van der Waals surface area contributed by atoms with Crippen molar-refractivity contribution in [2.24, 2.45) is 0 Å². The molecule has 0 spiro atoms. The standard InChI is InChI=1S/C10H15N5/c1-6-13-8(11)7-9(14-6)15(5-12-7)10(2,3)4/h5H,1-4H3,(H2,11,13,14). The van der Waals surface area contributed by atoms with Crippen molar-refractivity contribution in [1.82, 2.24) is 19.5 Å². The van der Waals surface area contributed by atoms with Gasteiger partial charge in [0.1, 0.15) is 11.3 Å². The molecular weight excluding hydrogens is 190 g/mol. The highest BCUT2D eigenvalue weighted by molar-refractivity contribution is 5.81. The summed E-state index contributed by atoms with van der Waals surface area (Å²) in [5, 5.41) is 0. The first-order chi connectivity index (χ1) is 6.89. The van der Waals surface area contributed by atoms with E-state index in [1.54, 1.807) is 6.33 Å². The number of hydrogen-bond acceptors (Lipinski definition) is 4. The Labute approximate surface area is 88.4 Å². The average Bonchev–Trinajstić information content (AvgIpc) is 2.45. The van der Waals surface area contributed by atoms with Gasteiger partial charge in [0.15, 0.2) is 11.5 Å². The highest BCUT2D eigenvalue weighted by Gasteiger charge is 2.18. The van der Waals surface area contributed by atoms with Crippen LogP contribution >= 0.6 is 0 Å². The molecule has 0 aliphatic carbocycles. The third-order valence-corrected chi connectivity index (χ3v) is 2.26. The maximum atomic E-state index is 5.79. The first-order valence-electron chi connectivity index (χ1n) is 4.87. The number of hydrogen-bond donors (Lipinski definition) is 1. The molecule has 2 N–H and O–H groups in total. The fourth-order valence-corrected chi connectivity index (χ4v) is 1.53. The number of rotatable bonds is 0. The third-order valence-electron chi connectivity index (χ3n) is 2.26. The van der Waals surface area contributed by atoms with Crippen molar-refractivity contribution >= 4 is 17.0 Å². The molecule has 80 valence electrons. The molecule has 15 heavy (non-hydrogen) atoms. The molecule has 0 saturated carbocycles. The van der Waals surface area contributed by atoms with Crippen molar-refractivity contribution in [3.63, 3.8) is 0 Å². The molecule has 0 aliphatic heterocycles. The normalized spacial score (nSPS) is 12.3. The van der Waals surface area contributed by atoms with Crippen LogP contribution in [-0.2, 0) is 5.54 Å². The number of nitrogens with two attached hydrogens (primary N) is 1. The summed E-state index contributed by atoms with van der Waals surface area (Å²) >= 11 is 0. The third kappa shape index (κ3) is 1.54. The monoisotopic (exact) mass is 205 g/mol. The van der Waals surface area contributed by atoms with E-state index in [9.17, 15) is 0 Å². The first-order valence-corrected chi connectivity index (χ1v) is 4.87. The Balaban J connectivity index is 2.80. The molecule has 0 saturated heterocycles. The minimum absolute atomic E-state index is 0.0536. The van der Waals surface area contributed by atoms with E-state index in [4.69, 9.17) is 5.73 Å². The lowest BCUT2D eigenvalue weighted by Gasteiger charge is -2.20. The van der Waals surface area contributed by atoms with Crippen LogP contribution in [-0.4, -0.2) is 19.5 Å². The molecule has 0 atom stereocenters. The van der Waals surface area contributed by atoms with Crippen LogP contribution in [0.3, 0.4) is 0 Å². The summed E-state index contributed by atoms with van der Waals surface area (Å²) in [4.78, 5) is 12.7. The molecule has 2 aromatic rings. The van der Waals surface area contributed by atoms with Crippen molar-refractivity contribution in [2.75, 3.05) is 5.73 Å². The highest BCUT2D eigenvalue weighted by atomic mass is 15.2. The Morgan fingerprint density at radius 1 is 1.27 bits per heavy atom. The summed E-state index contributed by atoms with van der Waals surface area (Å²) in [7, 11) is 0. The Morgan fingerprint density at radius 2 is 1.93 bits per heavy atom. The smallest absolute Gasteiger partial charge is 0.166 e. The zero-order valence-electron chi connectivity index (χ0n) is 9.44. The number of nitrogens with zero attached hydrogens (tertiary/aromatic N) is 4. The highest BCUT2D eigenvalue weighted by Crippen LogP contribution is 2.22. The Kier molecular flexibility index (Phi) is 1.92. The Morgan fingerprint density at radius 3 is 2.53 bits per heavy atom. The van der Waals surface area contributed by atoms with Gasteiger partial charge in [0.2, 0.25) is 0 Å². The lowest BCUT2D eigenvalue weighted by Crippen LogP contribution is -2.21. The minimum atomic E-state index is -0.0536. The van der Waals surface area contributed by atoms with Gasteiger partial charge >= 0.3 is 0 Å². The molecule has 0 fully saturated rings. The van der Waals surface area contributed by atoms with Crippen molar-refractivity contribution in [2.45, 2.75) is 33.2 Å². The molecule has 0 aliphatic rings. The zero-order chi connectivity index (χ0) is 11.2. The van der Waals surface area contributed by atoms with E-state index >= 15 is 0 Å². The van der Waals surface area contributed by atoms with Crippen LogP contribution in [0.4, 0.5) is 5.82 Å². The van der Waals surface area contributed by atoms with Gasteiger partial charge in [0.05, 0.1) is 6.33 Å². The molecule has 5 nitrogen and oxygen atoms in total. The van der Waals surface area contributed by atoms with E-state index in [0.29, 0.717) is 17.2 Å². The van der Waals surface area contributed by atoms with E-state index in [1.165, 1.54) is 0 Å². The van der Waals surface area contributed by atoms with E-state index in [2.05, 4.69) is 35.7 Å². The summed E-state index contributed by atoms with van der Waals surface area (Å²) in [6.45, 7) is 8.13. The molecule has 0 amide bonds. The van der Waals surface area contributed by atoms with Crippen LogP contribution in [0.25, 0.3) is 11.2 Å². The predicted molar refractivity (Wildman–Crippen MR) is 59.5 cm³/mol. The molecule has 0 aromatic carbocycles. The summed E-state index contributed by atoms with van der Waals surface area (Å²) < 4.78 is 2.01. The van der Waals surface area contributed by atoms with Gasteiger partial charge in [-0.25, -0.2) is 15.0 Å². The number of anilines is 1. The summed E-state index contributed by atoms with van der Waals surface area (Å²) in [5.74, 6) is 1.12. The van der Waals surface area contributed by atoms with Crippen molar-refractivity contribution in [3.05, 3.63) is 12.2 Å². The predicted octanol–water partition coefficient (Wildman–Crippen LogP) is 1.47. The van der Waals surface area contributed by atoms with Crippen molar-refractivity contribution in [1.29, 1.82) is 0 Å². The minimum Gasteiger partial charge on any atom is -0.382 e. The average molecular weight is 205 g/mol. The number of aryl methyl sites for hydroxylation is 1. The second kappa shape index (κ2) is 2.92. The van der Waals surface area contributed by atoms with Gasteiger partial charge in [-0.2, -0.15) is 0 Å². The van der Waals surface area contributed by atoms with Crippen LogP contribution in [0.2, 0.25) is 0 Å². The van der Waals surface area contributed by atoms with Crippen LogP contribution < -0.4 is 5.73 Å². The van der Waals surface area contributed by atoms with Gasteiger partial charge in [0.25, 0.3) is 0 Å². The van der Waals surface area contributed by atoms with Gasteiger partial charge in [-0.15, -0.1) is 0 Å². The quantitative estimate of drug-likeness (QED) is 0.707. The fourth-order valence-electron chi connectivity index (χ4n) is 1.53. The Hall–Kier alpha value is -1.65. The van der Waals surface area contributed by atoms with Crippen LogP contribution in [0.1, 0.15) is 26.6 Å². The summed E-state index contributed by atoms with van der Waals surface area (Å²) in [5.41, 5.74) is 7.21. The second-order valence-corrected chi connectivity index (χ2v) is 4.61. The topological polar surface area (TPSA) is 69.6 Å². The maximum absolute atomic E-state index is 5.79. The fraction of sp³-hybridized carbons (Fsp3) is 0.500. The van der Waals surface area contributed by atoms with Gasteiger partial charge in [-0.3, -0.25) is 0 Å². The number of nitrogen functional groups attached to an aromatic ring is 1. The number of aromatic nitrogens is 4. The van der Waals surface area contributed by atoms with E-state index in [0.717, 1.165) is 5.65 Å². The van der Waals surface area contributed by atoms with Crippen LogP contribution in [0, 0.1) is 6.92 Å². The van der Waals surface area contributed by atoms with Gasteiger partial charge in [-0.1, -0.05) is 0 Å². The van der Waals surface area contributed by atoms with Crippen molar-refractivity contribution in [3.8, 4) is 0 Å². The van der Waals surface area contributed by atoms with E-state index in [1.807, 2.05) is 11.5 Å². The van der Waals surface area contributed by atoms with Crippen molar-refractivity contribution < 1.29 is 0 Å². The summed E-state index contributed by atoms with van der Waals surface area (Å²) in [6.07, 6.45) is 1.76. The molecular formula is C10H15N5. The van der Waals surface area contributed by atoms with E-state index in [-0.39, 0.29) is 5.54 Å². The molecule has 0 bridgehead atoms. The van der Waals surface area contributed by atoms with Gasteiger partial charge < -0.3 is 10.3 Å². The maximum Gasteiger partial charge on any atom is 0.166 e. The van der Waals surface area contributed by atoms with E-state index < -0.39 is 0 Å². The Bertz CT molecular complexity index is 506. The molecule has 2 heterocycles. The largest absolute Gasteiger partial charge is 0.382 e. The molecule has 0 unspecified atom stereocenters. The molecule has 0 radical (unpaired) electrons. The van der Waals surface area contributed by atoms with Crippen LogP contribution in [0.15, 0.2) is 6.33 Å². The van der Waals surface area contributed by atoms with Gasteiger partial charge in [0, 0.05) is 5.54 Å². The first kappa shape index (κ1) is 9.89.